The van der Waals surface area contributed by atoms with Crippen LogP contribution in [0.4, 0.5) is 11.4 Å². The molecular weight excluding hydrogens is 330 g/mol. The fraction of sp³-hybridized carbons (Fsp3) is 0.125. The maximum atomic E-state index is 12.2. The second kappa shape index (κ2) is 7.51. The van der Waals surface area contributed by atoms with Crippen molar-refractivity contribution in [1.29, 1.82) is 0 Å². The molecular formula is C16H15N3O4S. The summed E-state index contributed by atoms with van der Waals surface area (Å²) in [5.41, 5.74) is 1.55. The number of non-ortho nitro benzene ring substituents is 1. The number of nitrogens with zero attached hydrogens (tertiary/aromatic N) is 1. The van der Waals surface area contributed by atoms with Crippen molar-refractivity contribution in [2.45, 2.75) is 6.92 Å². The van der Waals surface area contributed by atoms with Crippen LogP contribution in [0.15, 0.2) is 42.5 Å². The van der Waals surface area contributed by atoms with Gasteiger partial charge in [0.1, 0.15) is 5.75 Å². The third kappa shape index (κ3) is 4.05. The maximum absolute atomic E-state index is 12.2. The number of ether oxygens (including phenoxy) is 1. The molecule has 0 saturated heterocycles. The van der Waals surface area contributed by atoms with Crippen molar-refractivity contribution in [1.82, 2.24) is 5.32 Å². The molecule has 2 rings (SSSR count). The maximum Gasteiger partial charge on any atom is 0.269 e. The van der Waals surface area contributed by atoms with Crippen LogP contribution in [0.2, 0.25) is 0 Å². The number of para-hydroxylation sites is 1. The molecule has 0 fully saturated rings. The van der Waals surface area contributed by atoms with E-state index < -0.39 is 10.8 Å². The Morgan fingerprint density at radius 1 is 1.25 bits per heavy atom. The van der Waals surface area contributed by atoms with Crippen molar-refractivity contribution >= 4 is 34.6 Å². The van der Waals surface area contributed by atoms with E-state index in [-0.39, 0.29) is 10.8 Å². The van der Waals surface area contributed by atoms with Crippen LogP contribution in [0, 0.1) is 17.0 Å². The fourth-order valence-electron chi connectivity index (χ4n) is 2.06. The molecule has 2 aromatic rings. The second-order valence-electron chi connectivity index (χ2n) is 4.86. The SMILES string of the molecule is COc1ccccc1C(=O)NC(=S)Nc1ccc([N+](=O)[O-])cc1C. The molecule has 0 bridgehead atoms. The average molecular weight is 345 g/mol. The summed E-state index contributed by atoms with van der Waals surface area (Å²) in [4.78, 5) is 22.5. The number of hydrogen-bond donors (Lipinski definition) is 2. The molecule has 1 amide bonds. The van der Waals surface area contributed by atoms with Gasteiger partial charge in [0, 0.05) is 17.8 Å². The highest BCUT2D eigenvalue weighted by molar-refractivity contribution is 7.80. The van der Waals surface area contributed by atoms with Crippen LogP contribution >= 0.6 is 12.2 Å². The molecule has 0 aromatic heterocycles. The number of rotatable bonds is 4. The molecule has 0 heterocycles. The number of carbonyl (C=O) groups is 1. The van der Waals surface area contributed by atoms with E-state index in [1.54, 1.807) is 31.2 Å². The first kappa shape index (κ1) is 17.4. The Hall–Kier alpha value is -3.00. The van der Waals surface area contributed by atoms with Crippen molar-refractivity contribution in [3.63, 3.8) is 0 Å². The normalized spacial score (nSPS) is 9.92. The highest BCUT2D eigenvalue weighted by Crippen LogP contribution is 2.21. The molecule has 0 unspecified atom stereocenters. The molecule has 0 aliphatic rings. The lowest BCUT2D eigenvalue weighted by molar-refractivity contribution is -0.384. The van der Waals surface area contributed by atoms with Crippen molar-refractivity contribution < 1.29 is 14.5 Å². The third-order valence-corrected chi connectivity index (χ3v) is 3.45. The van der Waals surface area contributed by atoms with E-state index in [0.717, 1.165) is 0 Å². The number of aryl methyl sites for hydroxylation is 1. The van der Waals surface area contributed by atoms with Gasteiger partial charge in [0.2, 0.25) is 0 Å². The zero-order chi connectivity index (χ0) is 17.7. The third-order valence-electron chi connectivity index (χ3n) is 3.25. The Kier molecular flexibility index (Phi) is 5.43. The quantitative estimate of drug-likeness (QED) is 0.502. The number of nitro benzene ring substituents is 1. The Balaban J connectivity index is 2.08. The van der Waals surface area contributed by atoms with Crippen molar-refractivity contribution in [2.24, 2.45) is 0 Å². The number of thiocarbonyl (C=S) groups is 1. The van der Waals surface area contributed by atoms with Crippen LogP contribution in [0.1, 0.15) is 15.9 Å². The number of nitro groups is 1. The summed E-state index contributed by atoms with van der Waals surface area (Å²) in [7, 11) is 1.48. The Bertz CT molecular complexity index is 808. The lowest BCUT2D eigenvalue weighted by Gasteiger charge is -2.13. The van der Waals surface area contributed by atoms with Crippen molar-refractivity contribution in [3.05, 3.63) is 63.7 Å². The Morgan fingerprint density at radius 3 is 2.58 bits per heavy atom. The lowest BCUT2D eigenvalue weighted by Crippen LogP contribution is -2.34. The molecule has 0 spiro atoms. The first-order valence-corrected chi connectivity index (χ1v) is 7.33. The van der Waals surface area contributed by atoms with Crippen molar-refractivity contribution in [3.8, 4) is 5.75 Å². The molecule has 0 atom stereocenters. The minimum atomic E-state index is -0.474. The number of amides is 1. The number of carbonyl (C=O) groups excluding carboxylic acids is 1. The van der Waals surface area contributed by atoms with Gasteiger partial charge in [-0.05, 0) is 42.9 Å². The van der Waals surface area contributed by atoms with Crippen LogP contribution in [-0.2, 0) is 0 Å². The summed E-state index contributed by atoms with van der Waals surface area (Å²) < 4.78 is 5.13. The van der Waals surface area contributed by atoms with Crippen molar-refractivity contribution in [2.75, 3.05) is 12.4 Å². The van der Waals surface area contributed by atoms with E-state index in [2.05, 4.69) is 10.6 Å². The van der Waals surface area contributed by atoms with Crippen LogP contribution in [0.25, 0.3) is 0 Å². The highest BCUT2D eigenvalue weighted by Gasteiger charge is 2.14. The van der Waals surface area contributed by atoms with Crippen LogP contribution in [0.5, 0.6) is 5.75 Å². The van der Waals surface area contributed by atoms with Gasteiger partial charge < -0.3 is 10.1 Å². The van der Waals surface area contributed by atoms with E-state index in [1.807, 2.05) is 0 Å². The molecule has 2 N–H and O–H groups in total. The predicted octanol–water partition coefficient (Wildman–Crippen LogP) is 3.04. The number of hydrogen-bond acceptors (Lipinski definition) is 5. The molecule has 0 radical (unpaired) electrons. The number of benzene rings is 2. The van der Waals surface area contributed by atoms with Crippen LogP contribution in [0.3, 0.4) is 0 Å². The summed E-state index contributed by atoms with van der Waals surface area (Å²) >= 11 is 5.12. The standard InChI is InChI=1S/C16H15N3O4S/c1-10-9-11(19(21)22)7-8-13(10)17-16(24)18-15(20)12-5-3-4-6-14(12)23-2/h3-9H,1-2H3,(H2,17,18,20,24). The molecule has 0 aliphatic carbocycles. The molecule has 0 aliphatic heterocycles. The second-order valence-corrected chi connectivity index (χ2v) is 5.27. The van der Waals surface area contributed by atoms with Gasteiger partial charge in [0.05, 0.1) is 17.6 Å². The average Bonchev–Trinajstić information content (AvgIpc) is 2.56. The molecule has 7 nitrogen and oxygen atoms in total. The van der Waals surface area contributed by atoms with Gasteiger partial charge in [-0.25, -0.2) is 0 Å². The number of nitrogens with one attached hydrogen (secondary N) is 2. The van der Waals surface area contributed by atoms with Crippen LogP contribution < -0.4 is 15.4 Å². The zero-order valence-electron chi connectivity index (χ0n) is 13.0. The lowest BCUT2D eigenvalue weighted by atomic mass is 10.2. The van der Waals surface area contributed by atoms with Gasteiger partial charge in [0.25, 0.3) is 11.6 Å². The summed E-state index contributed by atoms with van der Waals surface area (Å²) in [6, 6.07) is 11.1. The topological polar surface area (TPSA) is 93.5 Å². The van der Waals surface area contributed by atoms with Gasteiger partial charge >= 0.3 is 0 Å². The molecule has 0 saturated carbocycles. The van der Waals surface area contributed by atoms with E-state index >= 15 is 0 Å². The Morgan fingerprint density at radius 2 is 1.96 bits per heavy atom. The van der Waals surface area contributed by atoms with Gasteiger partial charge in [-0.1, -0.05) is 12.1 Å². The highest BCUT2D eigenvalue weighted by atomic mass is 32.1. The fourth-order valence-corrected chi connectivity index (χ4v) is 2.26. The van der Waals surface area contributed by atoms with E-state index in [0.29, 0.717) is 22.6 Å². The number of methoxy groups -OCH3 is 1. The Labute approximate surface area is 143 Å². The van der Waals surface area contributed by atoms with Gasteiger partial charge in [-0.15, -0.1) is 0 Å². The van der Waals surface area contributed by atoms with Crippen LogP contribution in [-0.4, -0.2) is 23.1 Å². The van der Waals surface area contributed by atoms with E-state index in [4.69, 9.17) is 17.0 Å². The zero-order valence-corrected chi connectivity index (χ0v) is 13.8. The summed E-state index contributed by atoms with van der Waals surface area (Å²) in [5, 5.41) is 16.2. The minimum Gasteiger partial charge on any atom is -0.496 e. The smallest absolute Gasteiger partial charge is 0.269 e. The van der Waals surface area contributed by atoms with Gasteiger partial charge in [-0.2, -0.15) is 0 Å². The first-order chi connectivity index (χ1) is 11.4. The largest absolute Gasteiger partial charge is 0.496 e. The van der Waals surface area contributed by atoms with Gasteiger partial charge in [0.15, 0.2) is 5.11 Å². The molecule has 24 heavy (non-hydrogen) atoms. The summed E-state index contributed by atoms with van der Waals surface area (Å²) in [5.74, 6) is 0.0221. The summed E-state index contributed by atoms with van der Waals surface area (Å²) in [6.45, 7) is 1.71. The summed E-state index contributed by atoms with van der Waals surface area (Å²) in [6.07, 6.45) is 0. The monoisotopic (exact) mass is 345 g/mol. The minimum absolute atomic E-state index is 0.0120. The van der Waals surface area contributed by atoms with E-state index in [1.165, 1.54) is 25.3 Å². The molecule has 2 aromatic carbocycles. The number of anilines is 1. The predicted molar refractivity (Wildman–Crippen MR) is 94.5 cm³/mol. The molecule has 8 heteroatoms. The van der Waals surface area contributed by atoms with Gasteiger partial charge in [-0.3, -0.25) is 20.2 Å². The molecule has 124 valence electrons. The first-order valence-electron chi connectivity index (χ1n) is 6.92. The van der Waals surface area contributed by atoms with E-state index in [9.17, 15) is 14.9 Å².